The second-order valence-electron chi connectivity index (χ2n) is 4.18. The summed E-state index contributed by atoms with van der Waals surface area (Å²) in [7, 11) is 1.65. The third-order valence-corrected chi connectivity index (χ3v) is 2.75. The molecule has 0 saturated heterocycles. The van der Waals surface area contributed by atoms with Gasteiger partial charge in [0.2, 0.25) is 0 Å². The summed E-state index contributed by atoms with van der Waals surface area (Å²) in [5, 5.41) is 12.0. The van der Waals surface area contributed by atoms with Gasteiger partial charge >= 0.3 is 5.97 Å². The predicted octanol–water partition coefficient (Wildman–Crippen LogP) is 1.13. The fourth-order valence-corrected chi connectivity index (χ4v) is 1.29. The van der Waals surface area contributed by atoms with Gasteiger partial charge in [0.25, 0.3) is 0 Å². The number of rotatable bonds is 11. The molecule has 0 heterocycles. The first-order valence-corrected chi connectivity index (χ1v) is 6.12. The molecule has 0 rings (SSSR count). The van der Waals surface area contributed by atoms with Gasteiger partial charge in [0.05, 0.1) is 19.1 Å². The Balaban J connectivity index is 3.30. The molecule has 0 bridgehead atoms. The van der Waals surface area contributed by atoms with E-state index in [1.807, 2.05) is 6.92 Å². The van der Waals surface area contributed by atoms with Crippen LogP contribution in [0.1, 0.15) is 26.7 Å². The molecule has 0 saturated carbocycles. The number of nitrogens with one attached hydrogen (secondary N) is 1. The number of carbonyl (C=O) groups is 1. The van der Waals surface area contributed by atoms with Crippen LogP contribution in [0.2, 0.25) is 0 Å². The van der Waals surface area contributed by atoms with Gasteiger partial charge in [0.15, 0.2) is 0 Å². The van der Waals surface area contributed by atoms with Crippen molar-refractivity contribution in [3.63, 3.8) is 0 Å². The quantitative estimate of drug-likeness (QED) is 0.536. The first kappa shape index (κ1) is 16.4. The molecule has 0 aliphatic carbocycles. The van der Waals surface area contributed by atoms with Gasteiger partial charge in [-0.15, -0.1) is 0 Å². The smallest absolute Gasteiger partial charge is 0.307 e. The summed E-state index contributed by atoms with van der Waals surface area (Å²) >= 11 is 0. The van der Waals surface area contributed by atoms with Crippen molar-refractivity contribution < 1.29 is 19.4 Å². The number of aliphatic carboxylic acids is 1. The molecule has 5 nitrogen and oxygen atoms in total. The Morgan fingerprint density at radius 2 is 1.94 bits per heavy atom. The number of hydrogen-bond acceptors (Lipinski definition) is 4. The van der Waals surface area contributed by atoms with Crippen molar-refractivity contribution in [1.82, 2.24) is 5.32 Å². The Kier molecular flexibility index (Phi) is 10.1. The summed E-state index contributed by atoms with van der Waals surface area (Å²) in [6.45, 7) is 6.43. The van der Waals surface area contributed by atoms with Crippen LogP contribution in [0.25, 0.3) is 0 Å². The zero-order valence-corrected chi connectivity index (χ0v) is 11.1. The summed E-state index contributed by atoms with van der Waals surface area (Å²) in [4.78, 5) is 10.7. The molecule has 2 atom stereocenters. The molecule has 0 fully saturated rings. The van der Waals surface area contributed by atoms with E-state index in [9.17, 15) is 4.79 Å². The zero-order chi connectivity index (χ0) is 13.1. The van der Waals surface area contributed by atoms with E-state index in [0.717, 1.165) is 26.0 Å². The lowest BCUT2D eigenvalue weighted by atomic mass is 10.0. The van der Waals surface area contributed by atoms with Crippen molar-refractivity contribution in [2.24, 2.45) is 5.92 Å². The second kappa shape index (κ2) is 10.5. The molecular weight excluding hydrogens is 222 g/mol. The Labute approximate surface area is 103 Å². The summed E-state index contributed by atoms with van der Waals surface area (Å²) in [6.07, 6.45) is 1.97. The number of unbranched alkanes of at least 4 members (excludes halogenated alkanes) is 1. The van der Waals surface area contributed by atoms with Gasteiger partial charge in [0, 0.05) is 19.8 Å². The fourth-order valence-electron chi connectivity index (χ4n) is 1.29. The summed E-state index contributed by atoms with van der Waals surface area (Å²) in [5.74, 6) is -1.11. The molecule has 2 N–H and O–H groups in total. The molecule has 0 aliphatic rings. The standard InChI is InChI=1S/C12H25NO4/c1-10(12(14)15)11(2)13-6-4-5-7-17-9-8-16-3/h10-11,13H,4-9H2,1-3H3,(H,14,15). The molecule has 0 aromatic carbocycles. The SMILES string of the molecule is COCCOCCCCNC(C)C(C)C(=O)O. The van der Waals surface area contributed by atoms with Crippen LogP contribution in [0.4, 0.5) is 0 Å². The monoisotopic (exact) mass is 247 g/mol. The highest BCUT2D eigenvalue weighted by atomic mass is 16.5. The average Bonchev–Trinajstić information content (AvgIpc) is 2.31. The summed E-state index contributed by atoms with van der Waals surface area (Å²) in [6, 6.07) is 0.00177. The predicted molar refractivity (Wildman–Crippen MR) is 66.2 cm³/mol. The van der Waals surface area contributed by atoms with Crippen LogP contribution in [-0.4, -0.2) is 50.6 Å². The Hall–Kier alpha value is -0.650. The Bertz CT molecular complexity index is 199. The van der Waals surface area contributed by atoms with Crippen LogP contribution >= 0.6 is 0 Å². The molecular formula is C12H25NO4. The third kappa shape index (κ3) is 9.09. The van der Waals surface area contributed by atoms with E-state index < -0.39 is 5.97 Å². The maximum Gasteiger partial charge on any atom is 0.307 e. The molecule has 0 aromatic rings. The zero-order valence-electron chi connectivity index (χ0n) is 11.1. The van der Waals surface area contributed by atoms with Crippen molar-refractivity contribution >= 4 is 5.97 Å². The van der Waals surface area contributed by atoms with Gasteiger partial charge in [-0.1, -0.05) is 6.92 Å². The minimum Gasteiger partial charge on any atom is -0.481 e. The van der Waals surface area contributed by atoms with E-state index in [0.29, 0.717) is 13.2 Å². The lowest BCUT2D eigenvalue weighted by molar-refractivity contribution is -0.141. The molecule has 0 aliphatic heterocycles. The van der Waals surface area contributed by atoms with Crippen LogP contribution in [0.3, 0.4) is 0 Å². The summed E-state index contributed by atoms with van der Waals surface area (Å²) < 4.78 is 10.2. The Morgan fingerprint density at radius 1 is 1.24 bits per heavy atom. The highest BCUT2D eigenvalue weighted by Gasteiger charge is 2.17. The van der Waals surface area contributed by atoms with Gasteiger partial charge in [-0.3, -0.25) is 4.79 Å². The molecule has 17 heavy (non-hydrogen) atoms. The van der Waals surface area contributed by atoms with Crippen molar-refractivity contribution in [2.45, 2.75) is 32.7 Å². The lowest BCUT2D eigenvalue weighted by Crippen LogP contribution is -2.36. The largest absolute Gasteiger partial charge is 0.481 e. The minimum absolute atomic E-state index is 0.00177. The van der Waals surface area contributed by atoms with Gasteiger partial charge in [-0.05, 0) is 26.3 Å². The normalized spacial score (nSPS) is 14.5. The highest BCUT2D eigenvalue weighted by Crippen LogP contribution is 2.02. The highest BCUT2D eigenvalue weighted by molar-refractivity contribution is 5.70. The van der Waals surface area contributed by atoms with Gasteiger partial charge < -0.3 is 19.9 Å². The van der Waals surface area contributed by atoms with Crippen molar-refractivity contribution in [1.29, 1.82) is 0 Å². The third-order valence-electron chi connectivity index (χ3n) is 2.75. The van der Waals surface area contributed by atoms with E-state index in [1.165, 1.54) is 0 Å². The van der Waals surface area contributed by atoms with E-state index in [-0.39, 0.29) is 12.0 Å². The molecule has 5 heteroatoms. The maximum atomic E-state index is 10.7. The van der Waals surface area contributed by atoms with Crippen LogP contribution in [0.5, 0.6) is 0 Å². The van der Waals surface area contributed by atoms with E-state index in [2.05, 4.69) is 5.32 Å². The number of ether oxygens (including phenoxy) is 2. The van der Waals surface area contributed by atoms with Gasteiger partial charge in [-0.2, -0.15) is 0 Å². The van der Waals surface area contributed by atoms with Crippen LogP contribution in [-0.2, 0) is 14.3 Å². The molecule has 0 radical (unpaired) electrons. The number of carboxylic acid groups (broad SMARTS) is 1. The van der Waals surface area contributed by atoms with Crippen molar-refractivity contribution in [3.05, 3.63) is 0 Å². The summed E-state index contributed by atoms with van der Waals surface area (Å²) in [5.41, 5.74) is 0. The van der Waals surface area contributed by atoms with Crippen LogP contribution in [0.15, 0.2) is 0 Å². The average molecular weight is 247 g/mol. The first-order valence-electron chi connectivity index (χ1n) is 6.12. The Morgan fingerprint density at radius 3 is 2.53 bits per heavy atom. The van der Waals surface area contributed by atoms with Gasteiger partial charge in [0.1, 0.15) is 0 Å². The topological polar surface area (TPSA) is 67.8 Å². The van der Waals surface area contributed by atoms with Gasteiger partial charge in [-0.25, -0.2) is 0 Å². The fraction of sp³-hybridized carbons (Fsp3) is 0.917. The maximum absolute atomic E-state index is 10.7. The molecule has 102 valence electrons. The second-order valence-corrected chi connectivity index (χ2v) is 4.18. The molecule has 2 unspecified atom stereocenters. The number of hydrogen-bond donors (Lipinski definition) is 2. The molecule has 0 spiro atoms. The molecule has 0 aromatic heterocycles. The van der Waals surface area contributed by atoms with E-state index in [4.69, 9.17) is 14.6 Å². The van der Waals surface area contributed by atoms with Crippen molar-refractivity contribution in [2.75, 3.05) is 33.5 Å². The lowest BCUT2D eigenvalue weighted by Gasteiger charge is -2.17. The number of carboxylic acids is 1. The van der Waals surface area contributed by atoms with Crippen LogP contribution < -0.4 is 5.32 Å². The van der Waals surface area contributed by atoms with Crippen LogP contribution in [0, 0.1) is 5.92 Å². The molecule has 0 amide bonds. The van der Waals surface area contributed by atoms with Crippen molar-refractivity contribution in [3.8, 4) is 0 Å². The van der Waals surface area contributed by atoms with E-state index in [1.54, 1.807) is 14.0 Å². The van der Waals surface area contributed by atoms with E-state index >= 15 is 0 Å². The first-order chi connectivity index (χ1) is 8.09. The minimum atomic E-state index is -0.757. The number of methoxy groups -OCH3 is 1.